The van der Waals surface area contributed by atoms with Crippen molar-refractivity contribution in [3.8, 4) is 0 Å². The molecule has 0 saturated heterocycles. The Morgan fingerprint density at radius 2 is 2.08 bits per heavy atom. The molecule has 5 nitrogen and oxygen atoms in total. The first-order chi connectivity index (χ1) is 11.3. The van der Waals surface area contributed by atoms with Gasteiger partial charge in [0.25, 0.3) is 0 Å². The van der Waals surface area contributed by atoms with Crippen LogP contribution in [0.1, 0.15) is 49.5 Å². The standard InChI is InChI=1S/C19H27NO4/c1-12(2)13(3)7-8-19(11-24-4)17(21)10-15-9-14(18(22)23)5-6-16(15)20-19/h5-6,9,17,20-21H,7-8,10-11H2,1-4H3,(H,22,23). The molecule has 2 rings (SSSR count). The molecule has 0 aromatic heterocycles. The smallest absolute Gasteiger partial charge is 0.335 e. The minimum atomic E-state index is -0.958. The first kappa shape index (κ1) is 18.5. The van der Waals surface area contributed by atoms with E-state index in [0.29, 0.717) is 13.0 Å². The predicted octanol–water partition coefficient (Wildman–Crippen LogP) is 3.24. The first-order valence-corrected chi connectivity index (χ1v) is 8.23. The van der Waals surface area contributed by atoms with Gasteiger partial charge >= 0.3 is 5.97 Å². The van der Waals surface area contributed by atoms with Crippen LogP contribution in [-0.2, 0) is 11.2 Å². The normalized spacial score (nSPS) is 22.5. The van der Waals surface area contributed by atoms with Crippen LogP contribution in [0.2, 0.25) is 0 Å². The molecule has 132 valence electrons. The van der Waals surface area contributed by atoms with Gasteiger partial charge in [0, 0.05) is 19.2 Å². The Morgan fingerprint density at radius 1 is 1.38 bits per heavy atom. The number of rotatable bonds is 6. The summed E-state index contributed by atoms with van der Waals surface area (Å²) >= 11 is 0. The average Bonchev–Trinajstić information content (AvgIpc) is 2.53. The van der Waals surface area contributed by atoms with Gasteiger partial charge in [-0.2, -0.15) is 0 Å². The van der Waals surface area contributed by atoms with Crippen LogP contribution in [0.4, 0.5) is 5.69 Å². The number of allylic oxidation sites excluding steroid dienone is 2. The van der Waals surface area contributed by atoms with Gasteiger partial charge in [-0.15, -0.1) is 0 Å². The quantitative estimate of drug-likeness (QED) is 0.697. The third-order valence-corrected chi connectivity index (χ3v) is 4.99. The number of benzene rings is 1. The van der Waals surface area contributed by atoms with Crippen molar-refractivity contribution >= 4 is 11.7 Å². The monoisotopic (exact) mass is 333 g/mol. The number of methoxy groups -OCH3 is 1. The van der Waals surface area contributed by atoms with Crippen molar-refractivity contribution in [1.29, 1.82) is 0 Å². The van der Waals surface area contributed by atoms with Crippen molar-refractivity contribution in [3.63, 3.8) is 0 Å². The van der Waals surface area contributed by atoms with E-state index < -0.39 is 17.6 Å². The van der Waals surface area contributed by atoms with Crippen LogP contribution in [0, 0.1) is 0 Å². The Kier molecular flexibility index (Phi) is 5.67. The number of nitrogens with one attached hydrogen (secondary N) is 1. The number of hydrogen-bond acceptors (Lipinski definition) is 4. The van der Waals surface area contributed by atoms with Gasteiger partial charge in [0.15, 0.2) is 0 Å². The van der Waals surface area contributed by atoms with Crippen LogP contribution in [0.15, 0.2) is 29.3 Å². The Labute approximate surface area is 143 Å². The number of carboxylic acid groups (broad SMARTS) is 1. The molecule has 1 heterocycles. The van der Waals surface area contributed by atoms with E-state index >= 15 is 0 Å². The molecule has 0 radical (unpaired) electrons. The molecule has 24 heavy (non-hydrogen) atoms. The summed E-state index contributed by atoms with van der Waals surface area (Å²) in [5, 5.41) is 23.3. The number of ether oxygens (including phenoxy) is 1. The number of fused-ring (bicyclic) bond motifs is 1. The van der Waals surface area contributed by atoms with Gasteiger partial charge in [0.1, 0.15) is 0 Å². The number of hydrogen-bond donors (Lipinski definition) is 3. The zero-order chi connectivity index (χ0) is 17.9. The maximum atomic E-state index is 11.1. The van der Waals surface area contributed by atoms with Gasteiger partial charge in [-0.3, -0.25) is 0 Å². The fourth-order valence-corrected chi connectivity index (χ4v) is 3.12. The number of aliphatic hydroxyl groups excluding tert-OH is 1. The zero-order valence-electron chi connectivity index (χ0n) is 14.8. The first-order valence-electron chi connectivity index (χ1n) is 8.23. The second-order valence-corrected chi connectivity index (χ2v) is 6.89. The van der Waals surface area contributed by atoms with Crippen LogP contribution in [0.3, 0.4) is 0 Å². The van der Waals surface area contributed by atoms with Crippen molar-refractivity contribution in [3.05, 3.63) is 40.5 Å². The lowest BCUT2D eigenvalue weighted by molar-refractivity contribution is 0.0293. The van der Waals surface area contributed by atoms with Crippen molar-refractivity contribution in [1.82, 2.24) is 0 Å². The Balaban J connectivity index is 2.30. The zero-order valence-corrected chi connectivity index (χ0v) is 14.8. The van der Waals surface area contributed by atoms with Crippen molar-refractivity contribution in [2.45, 2.75) is 51.7 Å². The minimum absolute atomic E-state index is 0.238. The lowest BCUT2D eigenvalue weighted by Gasteiger charge is -2.43. The number of carboxylic acids is 1. The van der Waals surface area contributed by atoms with Crippen LogP contribution < -0.4 is 5.32 Å². The molecule has 0 fully saturated rings. The summed E-state index contributed by atoms with van der Waals surface area (Å²) < 4.78 is 5.39. The molecular weight excluding hydrogens is 306 g/mol. The van der Waals surface area contributed by atoms with E-state index in [1.54, 1.807) is 25.3 Å². The molecule has 0 saturated carbocycles. The largest absolute Gasteiger partial charge is 0.478 e. The Hall–Kier alpha value is -1.85. The molecule has 5 heteroatoms. The van der Waals surface area contributed by atoms with Gasteiger partial charge in [-0.25, -0.2) is 4.79 Å². The molecule has 0 spiro atoms. The van der Waals surface area contributed by atoms with E-state index in [1.165, 1.54) is 11.1 Å². The number of carbonyl (C=O) groups is 1. The highest BCUT2D eigenvalue weighted by Crippen LogP contribution is 2.36. The second-order valence-electron chi connectivity index (χ2n) is 6.89. The summed E-state index contributed by atoms with van der Waals surface area (Å²) in [7, 11) is 1.63. The van der Waals surface area contributed by atoms with Crippen molar-refractivity contribution in [2.24, 2.45) is 0 Å². The van der Waals surface area contributed by atoms with Crippen LogP contribution in [-0.4, -0.2) is 41.5 Å². The molecule has 0 aliphatic carbocycles. The molecule has 3 N–H and O–H groups in total. The molecule has 0 amide bonds. The number of anilines is 1. The fraction of sp³-hybridized carbons (Fsp3) is 0.526. The SMILES string of the molecule is COCC1(CCC(C)=C(C)C)Nc2ccc(C(=O)O)cc2CC1O. The number of aliphatic hydroxyl groups is 1. The highest BCUT2D eigenvalue weighted by molar-refractivity contribution is 5.88. The summed E-state index contributed by atoms with van der Waals surface area (Å²) in [5.74, 6) is -0.958. The van der Waals surface area contributed by atoms with Crippen LogP contribution in [0.5, 0.6) is 0 Å². The third kappa shape index (κ3) is 3.79. The van der Waals surface area contributed by atoms with Gasteiger partial charge < -0.3 is 20.3 Å². The lowest BCUT2D eigenvalue weighted by Crippen LogP contribution is -2.56. The molecule has 1 aliphatic rings. The number of aromatic carboxylic acids is 1. The Morgan fingerprint density at radius 3 is 2.67 bits per heavy atom. The van der Waals surface area contributed by atoms with E-state index in [9.17, 15) is 9.90 Å². The minimum Gasteiger partial charge on any atom is -0.478 e. The highest BCUT2D eigenvalue weighted by atomic mass is 16.5. The molecular formula is C19H27NO4. The summed E-state index contributed by atoms with van der Waals surface area (Å²) in [4.78, 5) is 11.1. The van der Waals surface area contributed by atoms with Crippen molar-refractivity contribution in [2.75, 3.05) is 19.0 Å². The van der Waals surface area contributed by atoms with Crippen LogP contribution >= 0.6 is 0 Å². The maximum Gasteiger partial charge on any atom is 0.335 e. The van der Waals surface area contributed by atoms with Crippen molar-refractivity contribution < 1.29 is 19.7 Å². The fourth-order valence-electron chi connectivity index (χ4n) is 3.12. The predicted molar refractivity (Wildman–Crippen MR) is 94.6 cm³/mol. The van der Waals surface area contributed by atoms with Gasteiger partial charge in [-0.05, 0) is 57.4 Å². The summed E-state index contributed by atoms with van der Waals surface area (Å²) in [6.07, 6.45) is 1.40. The average molecular weight is 333 g/mol. The van der Waals surface area contributed by atoms with E-state index in [1.807, 2.05) is 0 Å². The van der Waals surface area contributed by atoms with Crippen LogP contribution in [0.25, 0.3) is 0 Å². The van der Waals surface area contributed by atoms with Gasteiger partial charge in [-0.1, -0.05) is 11.1 Å². The molecule has 1 aliphatic heterocycles. The summed E-state index contributed by atoms with van der Waals surface area (Å²) in [5.41, 5.74) is 3.97. The Bertz CT molecular complexity index is 649. The van der Waals surface area contributed by atoms with E-state index in [0.717, 1.165) is 24.1 Å². The topological polar surface area (TPSA) is 78.8 Å². The lowest BCUT2D eigenvalue weighted by atomic mass is 9.79. The van der Waals surface area contributed by atoms with Gasteiger partial charge in [0.05, 0.1) is 23.8 Å². The van der Waals surface area contributed by atoms with E-state index in [4.69, 9.17) is 9.84 Å². The molecule has 0 bridgehead atoms. The summed E-state index contributed by atoms with van der Waals surface area (Å²) in [6.45, 7) is 6.68. The second kappa shape index (κ2) is 7.36. The highest BCUT2D eigenvalue weighted by Gasteiger charge is 2.41. The maximum absolute atomic E-state index is 11.1. The molecule has 1 aromatic rings. The summed E-state index contributed by atoms with van der Waals surface area (Å²) in [6, 6.07) is 5.00. The van der Waals surface area contributed by atoms with E-state index in [2.05, 4.69) is 26.1 Å². The van der Waals surface area contributed by atoms with Gasteiger partial charge in [0.2, 0.25) is 0 Å². The van der Waals surface area contributed by atoms with E-state index in [-0.39, 0.29) is 5.56 Å². The molecule has 2 atom stereocenters. The molecule has 2 unspecified atom stereocenters. The third-order valence-electron chi connectivity index (χ3n) is 4.99. The molecule has 1 aromatic carbocycles.